The lowest BCUT2D eigenvalue weighted by atomic mass is 9.48. The minimum Gasteiger partial charge on any atom is -0.375 e. The number of anilines is 3. The minimum absolute atomic E-state index is 0.0000364. The van der Waals surface area contributed by atoms with Crippen LogP contribution in [0.3, 0.4) is 0 Å². The number of hydrogen-bond donors (Lipinski definition) is 0. The van der Waals surface area contributed by atoms with Gasteiger partial charge in [0.05, 0.1) is 11.4 Å². The molecule has 0 atom stereocenters. The first-order valence-electron chi connectivity index (χ1n) is 22.6. The predicted octanol–water partition coefficient (Wildman–Crippen LogP) is 15.0. The summed E-state index contributed by atoms with van der Waals surface area (Å²) < 4.78 is 5.53. The zero-order chi connectivity index (χ0) is 42.6. The van der Waals surface area contributed by atoms with Crippen molar-refractivity contribution in [3.05, 3.63) is 161 Å². The van der Waals surface area contributed by atoms with Crippen LogP contribution in [0.4, 0.5) is 17.1 Å². The van der Waals surface area contributed by atoms with E-state index in [2.05, 4.69) is 205 Å². The second-order valence-corrected chi connectivity index (χ2v) is 22.0. The van der Waals surface area contributed by atoms with Gasteiger partial charge < -0.3 is 9.38 Å². The fraction of sp³-hybridized carbons (Fsp3) is 0.241. The van der Waals surface area contributed by atoms with Crippen LogP contribution >= 0.6 is 11.3 Å². The first-order chi connectivity index (χ1) is 29.7. The summed E-state index contributed by atoms with van der Waals surface area (Å²) in [4.78, 5) is 2.72. The third kappa shape index (κ3) is 5.23. The molecule has 2 aromatic heterocycles. The van der Waals surface area contributed by atoms with E-state index in [-0.39, 0.29) is 23.1 Å². The maximum atomic E-state index is 2.73. The molecule has 4 heteroatoms. The summed E-state index contributed by atoms with van der Waals surface area (Å²) in [7, 11) is 0. The van der Waals surface area contributed by atoms with Crippen molar-refractivity contribution in [1.29, 1.82) is 0 Å². The van der Waals surface area contributed by atoms with Crippen molar-refractivity contribution in [2.75, 3.05) is 4.90 Å². The number of rotatable bonds is 3. The van der Waals surface area contributed by atoms with Crippen molar-refractivity contribution in [1.82, 2.24) is 4.48 Å². The number of fused-ring (bicyclic) bond motifs is 10. The maximum Gasteiger partial charge on any atom is 0.343 e. The molecule has 9 aromatic rings. The molecule has 0 bridgehead atoms. The smallest absolute Gasteiger partial charge is 0.343 e. The molecule has 0 amide bonds. The zero-order valence-corrected chi connectivity index (χ0v) is 38.3. The van der Waals surface area contributed by atoms with Crippen molar-refractivity contribution >= 4 is 77.4 Å². The third-order valence-corrected chi connectivity index (χ3v) is 16.2. The predicted molar refractivity (Wildman–Crippen MR) is 270 cm³/mol. The van der Waals surface area contributed by atoms with Gasteiger partial charge in [-0.3, -0.25) is 0 Å². The Labute approximate surface area is 371 Å². The van der Waals surface area contributed by atoms with Gasteiger partial charge in [-0.1, -0.05) is 139 Å². The van der Waals surface area contributed by atoms with E-state index in [4.69, 9.17) is 0 Å². The third-order valence-electron chi connectivity index (χ3n) is 15.0. The van der Waals surface area contributed by atoms with Crippen molar-refractivity contribution in [2.45, 2.75) is 91.4 Å². The van der Waals surface area contributed by atoms with Crippen molar-refractivity contribution in [3.8, 4) is 33.4 Å². The van der Waals surface area contributed by atoms with Gasteiger partial charge in [-0.05, 0) is 141 Å². The fourth-order valence-electron chi connectivity index (χ4n) is 11.7. The molecule has 0 saturated heterocycles. The van der Waals surface area contributed by atoms with Crippen LogP contribution in [0, 0.1) is 13.8 Å². The Hall–Kier alpha value is -5.84. The molecular formula is C58H53BN2S. The molecule has 12 rings (SSSR count). The number of nitrogens with zero attached hydrogens (tertiary/aromatic N) is 2. The summed E-state index contributed by atoms with van der Waals surface area (Å²) >= 11 is 2.03. The van der Waals surface area contributed by atoms with E-state index in [9.17, 15) is 0 Å². The fourth-order valence-corrected chi connectivity index (χ4v) is 13.0. The molecule has 62 heavy (non-hydrogen) atoms. The largest absolute Gasteiger partial charge is 0.375 e. The molecule has 0 N–H and O–H groups in total. The Morgan fingerprint density at radius 2 is 1.26 bits per heavy atom. The average molecular weight is 821 g/mol. The Morgan fingerprint density at radius 1 is 0.581 bits per heavy atom. The number of aryl methyl sites for hydroxylation is 2. The Bertz CT molecular complexity index is 3350. The van der Waals surface area contributed by atoms with Crippen molar-refractivity contribution in [2.24, 2.45) is 0 Å². The number of para-hydroxylation sites is 2. The number of hydrogen-bond acceptors (Lipinski definition) is 2. The van der Waals surface area contributed by atoms with Crippen molar-refractivity contribution < 1.29 is 0 Å². The summed E-state index contributed by atoms with van der Waals surface area (Å²) in [6.07, 6.45) is 2.37. The van der Waals surface area contributed by atoms with Gasteiger partial charge in [0.2, 0.25) is 0 Å². The minimum atomic E-state index is -0.0151. The average Bonchev–Trinajstić information content (AvgIpc) is 3.80. The van der Waals surface area contributed by atoms with Crippen LogP contribution < -0.4 is 15.1 Å². The number of aromatic nitrogens is 1. The molecule has 2 aliphatic heterocycles. The van der Waals surface area contributed by atoms with Gasteiger partial charge in [0, 0.05) is 53.5 Å². The summed E-state index contributed by atoms with van der Waals surface area (Å²) in [6.45, 7) is 21.4. The molecule has 0 unspecified atom stereocenters. The standard InChI is InChI=1S/C58H53BN2S/c1-34-17-15-18-35(2)51(34)37-29-43-41-23-16-22-40-39-21-13-14-24-48(39)61(53(40)41)59-52(43)49(30-37)60(47-26-25-38(56(3,4)5)31-42(47)36-19-11-10-12-20-36)54-44-32-45-46(33-50(44)62-55(54)59)58(8,9)28-27-57(45,6)7/h10-26,29-33H,27-28H2,1-9H3. The molecule has 0 radical (unpaired) electrons. The van der Waals surface area contributed by atoms with Gasteiger partial charge in [-0.15, -0.1) is 11.3 Å². The van der Waals surface area contributed by atoms with Crippen LogP contribution in [0.1, 0.15) is 89.1 Å². The lowest BCUT2D eigenvalue weighted by Crippen LogP contribution is -2.55. The molecule has 1 aliphatic carbocycles. The van der Waals surface area contributed by atoms with E-state index in [0.717, 1.165) is 0 Å². The van der Waals surface area contributed by atoms with E-state index in [1.807, 2.05) is 11.3 Å². The number of benzene rings is 7. The monoisotopic (exact) mass is 820 g/mol. The summed E-state index contributed by atoms with van der Waals surface area (Å²) in [6, 6.07) is 51.7. The van der Waals surface area contributed by atoms with Crippen LogP contribution in [-0.4, -0.2) is 11.3 Å². The Balaban J connectivity index is 1.29. The van der Waals surface area contributed by atoms with Gasteiger partial charge in [-0.2, -0.15) is 0 Å². The quantitative estimate of drug-likeness (QED) is 0.161. The highest BCUT2D eigenvalue weighted by molar-refractivity contribution is 7.32. The summed E-state index contributed by atoms with van der Waals surface area (Å²) in [5.74, 6) is 0. The van der Waals surface area contributed by atoms with Gasteiger partial charge in [0.15, 0.2) is 0 Å². The first kappa shape index (κ1) is 37.9. The number of thiophene rings is 1. The first-order valence-corrected chi connectivity index (χ1v) is 23.4. The van der Waals surface area contributed by atoms with Crippen molar-refractivity contribution in [3.63, 3.8) is 0 Å². The Morgan fingerprint density at radius 3 is 2.00 bits per heavy atom. The molecule has 4 heterocycles. The lowest BCUT2D eigenvalue weighted by Gasteiger charge is -2.42. The molecular weight excluding hydrogens is 768 g/mol. The highest BCUT2D eigenvalue weighted by Crippen LogP contribution is 2.54. The van der Waals surface area contributed by atoms with Gasteiger partial charge in [-0.25, -0.2) is 0 Å². The van der Waals surface area contributed by atoms with Gasteiger partial charge in [0.1, 0.15) is 0 Å². The lowest BCUT2D eigenvalue weighted by molar-refractivity contribution is 0.332. The topological polar surface area (TPSA) is 8.17 Å². The van der Waals surface area contributed by atoms with Gasteiger partial charge in [0.25, 0.3) is 0 Å². The van der Waals surface area contributed by atoms with Gasteiger partial charge >= 0.3 is 6.85 Å². The molecule has 2 nitrogen and oxygen atoms in total. The summed E-state index contributed by atoms with van der Waals surface area (Å²) in [5, 5.41) is 4.02. The van der Waals surface area contributed by atoms with E-state index < -0.39 is 0 Å². The molecule has 0 saturated carbocycles. The molecule has 0 spiro atoms. The Kier molecular flexibility index (Phi) is 7.86. The highest BCUT2D eigenvalue weighted by atomic mass is 32.1. The molecule has 3 aliphatic rings. The van der Waals surface area contributed by atoms with Crippen LogP contribution in [0.15, 0.2) is 133 Å². The highest BCUT2D eigenvalue weighted by Gasteiger charge is 2.46. The second-order valence-electron chi connectivity index (χ2n) is 20.9. The van der Waals surface area contributed by atoms with Crippen LogP contribution in [0.25, 0.3) is 65.3 Å². The normalized spacial score (nSPS) is 15.9. The molecule has 7 aromatic carbocycles. The van der Waals surface area contributed by atoms with E-state index in [1.54, 1.807) is 0 Å². The maximum absolute atomic E-state index is 2.73. The van der Waals surface area contributed by atoms with E-state index in [0.29, 0.717) is 0 Å². The molecule has 304 valence electrons. The zero-order valence-electron chi connectivity index (χ0n) is 37.5. The SMILES string of the molecule is Cc1cccc(C)c1-c1cc2c3c(c1)N(c1ccc(C(C)(C)C)cc1-c1ccccc1)c1c(sc4cc5c(cc14)C(C)(C)CCC5(C)C)B3n1c3ccccc3c3cccc-2c31. The second kappa shape index (κ2) is 12.9. The van der Waals surface area contributed by atoms with E-state index in [1.165, 1.54) is 133 Å². The van der Waals surface area contributed by atoms with E-state index >= 15 is 0 Å². The molecule has 0 fully saturated rings. The van der Waals surface area contributed by atoms with Crippen LogP contribution in [0.5, 0.6) is 0 Å². The van der Waals surface area contributed by atoms with Crippen LogP contribution in [0.2, 0.25) is 0 Å². The van der Waals surface area contributed by atoms with Crippen LogP contribution in [-0.2, 0) is 16.2 Å². The summed E-state index contributed by atoms with van der Waals surface area (Å²) in [5.41, 5.74) is 22.8.